The summed E-state index contributed by atoms with van der Waals surface area (Å²) in [5.74, 6) is 1.32. The molecule has 1 amide bonds. The molecule has 0 radical (unpaired) electrons. The Balaban J connectivity index is 1.49. The average molecular weight is 398 g/mol. The highest BCUT2D eigenvalue weighted by Gasteiger charge is 2.31. The zero-order chi connectivity index (χ0) is 20.8. The van der Waals surface area contributed by atoms with Crippen LogP contribution in [0.3, 0.4) is 0 Å². The van der Waals surface area contributed by atoms with Crippen molar-refractivity contribution in [2.45, 2.75) is 39.3 Å². The van der Waals surface area contributed by atoms with E-state index in [4.69, 9.17) is 4.74 Å². The third-order valence-electron chi connectivity index (χ3n) is 6.07. The first kappa shape index (κ1) is 21.3. The van der Waals surface area contributed by atoms with Gasteiger partial charge in [0.2, 0.25) is 0 Å². The number of hydrogen-bond acceptors (Lipinski definition) is 2. The molecule has 0 saturated carbocycles. The van der Waals surface area contributed by atoms with Gasteiger partial charge < -0.3 is 19.9 Å². The van der Waals surface area contributed by atoms with E-state index >= 15 is 0 Å². The largest absolute Gasteiger partial charge is 0.495 e. The van der Waals surface area contributed by atoms with E-state index in [0.29, 0.717) is 11.7 Å². The van der Waals surface area contributed by atoms with Crippen molar-refractivity contribution in [2.24, 2.45) is 0 Å². The van der Waals surface area contributed by atoms with Crippen molar-refractivity contribution in [1.82, 2.24) is 0 Å². The van der Waals surface area contributed by atoms with E-state index in [1.807, 2.05) is 31.2 Å². The van der Waals surface area contributed by atoms with Gasteiger partial charge in [-0.05, 0) is 30.5 Å². The molecule has 0 aromatic heterocycles. The number of methoxy groups -OCH3 is 1. The van der Waals surface area contributed by atoms with Crippen LogP contribution in [-0.4, -0.2) is 45.2 Å². The third-order valence-corrected chi connectivity index (χ3v) is 6.07. The van der Waals surface area contributed by atoms with Crippen LogP contribution in [-0.2, 0) is 11.3 Å². The number of hydrogen-bond donors (Lipinski definition) is 3. The molecule has 0 spiro atoms. The highest BCUT2D eigenvalue weighted by atomic mass is 16.5. The Labute approximate surface area is 174 Å². The summed E-state index contributed by atoms with van der Waals surface area (Å²) in [7, 11) is 1.62. The summed E-state index contributed by atoms with van der Waals surface area (Å²) in [5, 5.41) is 3.03. The van der Waals surface area contributed by atoms with Gasteiger partial charge in [-0.15, -0.1) is 0 Å². The van der Waals surface area contributed by atoms with Gasteiger partial charge in [0.1, 0.15) is 38.5 Å². The van der Waals surface area contributed by atoms with E-state index in [0.717, 1.165) is 38.4 Å². The van der Waals surface area contributed by atoms with Gasteiger partial charge in [-0.25, -0.2) is 0 Å². The molecule has 5 nitrogen and oxygen atoms in total. The molecule has 0 unspecified atom stereocenters. The fourth-order valence-electron chi connectivity index (χ4n) is 4.02. The minimum atomic E-state index is -0.0770. The van der Waals surface area contributed by atoms with Gasteiger partial charge in [0.25, 0.3) is 5.91 Å². The zero-order valence-corrected chi connectivity index (χ0v) is 18.1. The van der Waals surface area contributed by atoms with Crippen molar-refractivity contribution in [2.75, 3.05) is 38.6 Å². The van der Waals surface area contributed by atoms with E-state index in [2.05, 4.69) is 43.4 Å². The summed E-state index contributed by atoms with van der Waals surface area (Å²) in [4.78, 5) is 15.7. The number of carbonyl (C=O) groups excluding carboxylic acids is 1. The second-order valence-electron chi connectivity index (χ2n) is 8.39. The lowest BCUT2D eigenvalue weighted by Crippen LogP contribution is -3.29. The summed E-state index contributed by atoms with van der Waals surface area (Å²) in [6, 6.07) is 16.5. The Morgan fingerprint density at radius 2 is 1.66 bits per heavy atom. The Kier molecular flexibility index (Phi) is 7.29. The predicted molar refractivity (Wildman–Crippen MR) is 117 cm³/mol. The van der Waals surface area contributed by atoms with E-state index in [1.54, 1.807) is 12.0 Å². The summed E-state index contributed by atoms with van der Waals surface area (Å²) in [6.07, 6.45) is 0. The number of ether oxygens (including phenoxy) is 1. The van der Waals surface area contributed by atoms with Crippen LogP contribution in [0, 0.1) is 0 Å². The lowest BCUT2D eigenvalue weighted by atomic mass is 10.0. The van der Waals surface area contributed by atoms with Crippen molar-refractivity contribution in [3.63, 3.8) is 0 Å². The number of para-hydroxylation sites is 2. The monoisotopic (exact) mass is 397 g/mol. The second-order valence-corrected chi connectivity index (χ2v) is 8.39. The molecule has 1 fully saturated rings. The zero-order valence-electron chi connectivity index (χ0n) is 18.1. The number of rotatable bonds is 7. The van der Waals surface area contributed by atoms with E-state index < -0.39 is 0 Å². The third kappa shape index (κ3) is 5.58. The van der Waals surface area contributed by atoms with Crippen molar-refractivity contribution < 1.29 is 19.3 Å². The average Bonchev–Trinajstić information content (AvgIpc) is 2.74. The van der Waals surface area contributed by atoms with E-state index in [1.165, 1.54) is 16.0 Å². The summed E-state index contributed by atoms with van der Waals surface area (Å²) in [5.41, 5.74) is 3.53. The fourth-order valence-corrected chi connectivity index (χ4v) is 4.02. The minimum Gasteiger partial charge on any atom is -0.495 e. The molecule has 5 heteroatoms. The number of quaternary nitrogens is 2. The van der Waals surface area contributed by atoms with Crippen molar-refractivity contribution in [1.29, 1.82) is 0 Å². The van der Waals surface area contributed by atoms with Gasteiger partial charge in [-0.3, -0.25) is 4.79 Å². The quantitative estimate of drug-likeness (QED) is 0.656. The number of anilines is 1. The minimum absolute atomic E-state index is 0.0530. The molecular formula is C24H35N3O2+2. The molecule has 1 atom stereocenters. The normalized spacial score (nSPS) is 20.3. The lowest BCUT2D eigenvalue weighted by Gasteiger charge is -2.32. The van der Waals surface area contributed by atoms with Gasteiger partial charge in [-0.1, -0.05) is 50.2 Å². The smallest absolute Gasteiger partial charge is 0.282 e. The van der Waals surface area contributed by atoms with Gasteiger partial charge in [0.15, 0.2) is 6.04 Å². The topological polar surface area (TPSA) is 47.2 Å². The number of benzene rings is 2. The number of amides is 1. The Bertz CT molecular complexity index is 796. The maximum absolute atomic E-state index is 12.7. The van der Waals surface area contributed by atoms with Crippen molar-refractivity contribution in [3.05, 3.63) is 59.7 Å². The molecule has 3 rings (SSSR count). The molecule has 0 aliphatic carbocycles. The van der Waals surface area contributed by atoms with Crippen LogP contribution < -0.4 is 19.9 Å². The van der Waals surface area contributed by atoms with E-state index in [-0.39, 0.29) is 11.9 Å². The Morgan fingerprint density at radius 1 is 1.00 bits per heavy atom. The number of piperazine rings is 1. The second kappa shape index (κ2) is 9.90. The molecule has 3 N–H and O–H groups in total. The van der Waals surface area contributed by atoms with Gasteiger partial charge >= 0.3 is 0 Å². The first-order valence-corrected chi connectivity index (χ1v) is 10.7. The predicted octanol–water partition coefficient (Wildman–Crippen LogP) is 1.13. The molecule has 2 aromatic carbocycles. The van der Waals surface area contributed by atoms with Crippen molar-refractivity contribution in [3.8, 4) is 5.75 Å². The summed E-state index contributed by atoms with van der Waals surface area (Å²) >= 11 is 0. The Morgan fingerprint density at radius 3 is 2.28 bits per heavy atom. The first-order chi connectivity index (χ1) is 14.0. The van der Waals surface area contributed by atoms with Crippen LogP contribution >= 0.6 is 0 Å². The molecular weight excluding hydrogens is 362 g/mol. The maximum Gasteiger partial charge on any atom is 0.282 e. The summed E-state index contributed by atoms with van der Waals surface area (Å²) in [6.45, 7) is 11.8. The van der Waals surface area contributed by atoms with Crippen LogP contribution in [0.4, 0.5) is 5.69 Å². The van der Waals surface area contributed by atoms with Crippen LogP contribution in [0.15, 0.2) is 48.5 Å². The fraction of sp³-hybridized carbons (Fsp3) is 0.458. The molecule has 1 heterocycles. The lowest BCUT2D eigenvalue weighted by molar-refractivity contribution is -1.02. The van der Waals surface area contributed by atoms with Gasteiger partial charge in [0, 0.05) is 5.56 Å². The van der Waals surface area contributed by atoms with Gasteiger partial charge in [-0.2, -0.15) is 0 Å². The van der Waals surface area contributed by atoms with Crippen LogP contribution in [0.25, 0.3) is 0 Å². The van der Waals surface area contributed by atoms with Crippen molar-refractivity contribution >= 4 is 11.6 Å². The summed E-state index contributed by atoms with van der Waals surface area (Å²) < 4.78 is 5.34. The number of nitrogens with one attached hydrogen (secondary N) is 3. The molecule has 1 aliphatic rings. The molecule has 29 heavy (non-hydrogen) atoms. The highest BCUT2D eigenvalue weighted by Crippen LogP contribution is 2.22. The maximum atomic E-state index is 12.7. The van der Waals surface area contributed by atoms with Crippen LogP contribution in [0.1, 0.15) is 37.8 Å². The Hall–Kier alpha value is -2.37. The van der Waals surface area contributed by atoms with Crippen LogP contribution in [0.5, 0.6) is 5.75 Å². The highest BCUT2D eigenvalue weighted by molar-refractivity contribution is 5.94. The first-order valence-electron chi connectivity index (χ1n) is 10.7. The van der Waals surface area contributed by atoms with Gasteiger partial charge in [0.05, 0.1) is 12.8 Å². The molecule has 1 aliphatic heterocycles. The molecule has 2 aromatic rings. The standard InChI is InChI=1S/C24H33N3O2/c1-18(2)21-11-9-20(10-12-21)17-26-13-15-27(16-14-26)19(3)24(28)25-22-7-5-6-8-23(22)29-4/h5-12,18-19H,13-17H2,1-4H3,(H,25,28)/p+2/t19-/m0/s1. The SMILES string of the molecule is COc1ccccc1NC(=O)[C@H](C)[NH+]1CC[NH+](Cc2ccc(C(C)C)cc2)CC1. The van der Waals surface area contributed by atoms with Crippen LogP contribution in [0.2, 0.25) is 0 Å². The molecule has 1 saturated heterocycles. The molecule has 156 valence electrons. The molecule has 0 bridgehead atoms. The number of carbonyl (C=O) groups is 1. The van der Waals surface area contributed by atoms with E-state index in [9.17, 15) is 4.79 Å².